The number of carbonyl (C=O) groups excluding carboxylic acids is 2. The molecule has 1 amide bonds. The molecule has 0 saturated heterocycles. The third-order valence-corrected chi connectivity index (χ3v) is 4.27. The summed E-state index contributed by atoms with van der Waals surface area (Å²) in [4.78, 5) is 42.1. The predicted octanol–water partition coefficient (Wildman–Crippen LogP) is 1.48. The molecule has 0 aliphatic carbocycles. The fourth-order valence-electron chi connectivity index (χ4n) is 1.99. The number of nitriles is 1. The number of carbonyl (C=O) groups is 2. The number of rotatable bonds is 6. The van der Waals surface area contributed by atoms with E-state index in [1.54, 1.807) is 31.2 Å². The molecule has 1 atom stereocenters. The number of benzene rings is 1. The van der Waals surface area contributed by atoms with E-state index < -0.39 is 16.8 Å². The van der Waals surface area contributed by atoms with E-state index in [0.29, 0.717) is 11.3 Å². The maximum absolute atomic E-state index is 12.3. The number of nitrogens with zero attached hydrogens (tertiary/aromatic N) is 2. The number of amides is 1. The highest BCUT2D eigenvalue weighted by Crippen LogP contribution is 2.21. The Morgan fingerprint density at radius 2 is 2.15 bits per heavy atom. The quantitative estimate of drug-likeness (QED) is 0.447. The molecule has 0 spiro atoms. The molecule has 2 rings (SSSR count). The van der Waals surface area contributed by atoms with Gasteiger partial charge in [0.1, 0.15) is 6.07 Å². The first kappa shape index (κ1) is 19.2. The zero-order valence-corrected chi connectivity index (χ0v) is 14.9. The molecule has 2 aromatic rings. The van der Waals surface area contributed by atoms with Gasteiger partial charge in [-0.3, -0.25) is 14.4 Å². The van der Waals surface area contributed by atoms with Crippen molar-refractivity contribution in [2.45, 2.75) is 23.8 Å². The van der Waals surface area contributed by atoms with Crippen LogP contribution in [0.2, 0.25) is 0 Å². The molecule has 2 N–H and O–H groups in total. The highest BCUT2D eigenvalue weighted by molar-refractivity contribution is 8.00. The van der Waals surface area contributed by atoms with Crippen molar-refractivity contribution >= 4 is 29.3 Å². The Morgan fingerprint density at radius 3 is 2.85 bits per heavy atom. The molecule has 0 fully saturated rings. The number of H-pyrrole nitrogens is 1. The van der Waals surface area contributed by atoms with Gasteiger partial charge in [-0.15, -0.1) is 0 Å². The molecule has 9 heteroatoms. The number of esters is 1. The second kappa shape index (κ2) is 8.82. The average molecular weight is 372 g/mol. The van der Waals surface area contributed by atoms with Crippen molar-refractivity contribution in [3.05, 3.63) is 51.9 Å². The van der Waals surface area contributed by atoms with E-state index in [4.69, 9.17) is 5.26 Å². The molecule has 0 bridgehead atoms. The number of thioether (sulfide) groups is 1. The summed E-state index contributed by atoms with van der Waals surface area (Å²) in [6.45, 7) is 1.64. The molecule has 1 aromatic heterocycles. The summed E-state index contributed by atoms with van der Waals surface area (Å²) in [6.07, 6.45) is -0.135. The monoisotopic (exact) mass is 372 g/mol. The lowest BCUT2D eigenvalue weighted by atomic mass is 10.2. The summed E-state index contributed by atoms with van der Waals surface area (Å²) in [5.74, 6) is -0.864. The molecule has 134 valence electrons. The zero-order chi connectivity index (χ0) is 19.1. The summed E-state index contributed by atoms with van der Waals surface area (Å²) < 4.78 is 4.55. The first-order valence-electron chi connectivity index (χ1n) is 7.56. The van der Waals surface area contributed by atoms with E-state index >= 15 is 0 Å². The summed E-state index contributed by atoms with van der Waals surface area (Å²) in [5.41, 5.74) is 0.590. The lowest BCUT2D eigenvalue weighted by Gasteiger charge is -2.12. The van der Waals surface area contributed by atoms with Crippen LogP contribution in [0.25, 0.3) is 0 Å². The Bertz CT molecular complexity index is 919. The zero-order valence-electron chi connectivity index (χ0n) is 14.1. The van der Waals surface area contributed by atoms with Gasteiger partial charge in [0.25, 0.3) is 5.56 Å². The first-order valence-corrected chi connectivity index (χ1v) is 8.44. The number of anilines is 1. The van der Waals surface area contributed by atoms with Gasteiger partial charge in [0.15, 0.2) is 5.16 Å². The minimum Gasteiger partial charge on any atom is -0.469 e. The van der Waals surface area contributed by atoms with Gasteiger partial charge in [-0.2, -0.15) is 5.26 Å². The number of aromatic amines is 1. The first-order chi connectivity index (χ1) is 12.4. The average Bonchev–Trinajstić information content (AvgIpc) is 2.61. The minimum absolute atomic E-state index is 0.135. The SMILES string of the molecule is COC(=O)Cc1cc(=O)[nH]c(S[C@H](C)C(=O)Nc2ccccc2C#N)n1. The van der Waals surface area contributed by atoms with Gasteiger partial charge >= 0.3 is 5.97 Å². The Hall–Kier alpha value is -3.12. The van der Waals surface area contributed by atoms with E-state index in [9.17, 15) is 14.4 Å². The molecule has 0 aliphatic heterocycles. The van der Waals surface area contributed by atoms with Crippen LogP contribution in [0.5, 0.6) is 0 Å². The van der Waals surface area contributed by atoms with Crippen molar-refractivity contribution < 1.29 is 14.3 Å². The van der Waals surface area contributed by atoms with Gasteiger partial charge in [-0.25, -0.2) is 4.98 Å². The second-order valence-corrected chi connectivity index (χ2v) is 6.53. The third kappa shape index (κ3) is 5.19. The molecule has 0 radical (unpaired) electrons. The Morgan fingerprint density at radius 1 is 1.42 bits per heavy atom. The van der Waals surface area contributed by atoms with E-state index in [0.717, 1.165) is 11.8 Å². The number of methoxy groups -OCH3 is 1. The standard InChI is InChI=1S/C17H16N4O4S/c1-10(16(24)20-13-6-4-3-5-11(13)9-18)26-17-19-12(7-14(22)21-17)8-15(23)25-2/h3-7,10H,8H2,1-2H3,(H,20,24)(H,19,21,22)/t10-/m1/s1. The molecular weight excluding hydrogens is 356 g/mol. The van der Waals surface area contributed by atoms with Gasteiger partial charge in [-0.1, -0.05) is 23.9 Å². The molecule has 1 aromatic carbocycles. The minimum atomic E-state index is -0.599. The van der Waals surface area contributed by atoms with Crippen LogP contribution in [0.3, 0.4) is 0 Å². The number of aromatic nitrogens is 2. The Balaban J connectivity index is 2.10. The summed E-state index contributed by atoms with van der Waals surface area (Å²) in [7, 11) is 1.25. The summed E-state index contributed by atoms with van der Waals surface area (Å²) in [5, 5.41) is 11.4. The molecule has 0 saturated carbocycles. The van der Waals surface area contributed by atoms with Gasteiger partial charge < -0.3 is 15.0 Å². The fraction of sp³-hybridized carbons (Fsp3) is 0.235. The molecule has 0 unspecified atom stereocenters. The fourth-order valence-corrected chi connectivity index (χ4v) is 2.83. The van der Waals surface area contributed by atoms with Crippen molar-refractivity contribution in [2.24, 2.45) is 0 Å². The van der Waals surface area contributed by atoms with Crippen molar-refractivity contribution in [3.63, 3.8) is 0 Å². The second-order valence-electron chi connectivity index (χ2n) is 5.20. The van der Waals surface area contributed by atoms with Gasteiger partial charge in [0, 0.05) is 6.07 Å². The van der Waals surface area contributed by atoms with Crippen molar-refractivity contribution in [1.29, 1.82) is 5.26 Å². The molecule has 26 heavy (non-hydrogen) atoms. The van der Waals surface area contributed by atoms with Crippen LogP contribution in [0, 0.1) is 11.3 Å². The van der Waals surface area contributed by atoms with Crippen LogP contribution in [0.4, 0.5) is 5.69 Å². The van der Waals surface area contributed by atoms with Gasteiger partial charge in [0.05, 0.1) is 35.7 Å². The third-order valence-electron chi connectivity index (χ3n) is 3.29. The van der Waals surface area contributed by atoms with Gasteiger partial charge in [-0.05, 0) is 19.1 Å². The smallest absolute Gasteiger partial charge is 0.311 e. The van der Waals surface area contributed by atoms with Crippen LogP contribution in [-0.4, -0.2) is 34.2 Å². The number of nitrogens with one attached hydrogen (secondary N) is 2. The van der Waals surface area contributed by atoms with E-state index in [1.807, 2.05) is 6.07 Å². The normalized spacial score (nSPS) is 11.3. The lowest BCUT2D eigenvalue weighted by molar-refractivity contribution is -0.139. The Labute approximate surface area is 153 Å². The van der Waals surface area contributed by atoms with Crippen LogP contribution < -0.4 is 10.9 Å². The lowest BCUT2D eigenvalue weighted by Crippen LogP contribution is -2.24. The van der Waals surface area contributed by atoms with Crippen LogP contribution in [-0.2, 0) is 20.7 Å². The topological polar surface area (TPSA) is 125 Å². The largest absolute Gasteiger partial charge is 0.469 e. The number of hydrogen-bond donors (Lipinski definition) is 2. The highest BCUT2D eigenvalue weighted by atomic mass is 32.2. The number of ether oxygens (including phenoxy) is 1. The van der Waals surface area contributed by atoms with Crippen molar-refractivity contribution in [3.8, 4) is 6.07 Å². The van der Waals surface area contributed by atoms with E-state index in [1.165, 1.54) is 13.2 Å². The maximum atomic E-state index is 12.3. The Kier molecular flexibility index (Phi) is 6.52. The molecule has 0 aliphatic rings. The molecular formula is C17H16N4O4S. The van der Waals surface area contributed by atoms with Crippen LogP contribution >= 0.6 is 11.8 Å². The molecule has 1 heterocycles. The van der Waals surface area contributed by atoms with Crippen molar-refractivity contribution in [1.82, 2.24) is 9.97 Å². The van der Waals surface area contributed by atoms with Crippen molar-refractivity contribution in [2.75, 3.05) is 12.4 Å². The highest BCUT2D eigenvalue weighted by Gasteiger charge is 2.18. The van der Waals surface area contributed by atoms with E-state index in [2.05, 4.69) is 20.0 Å². The summed E-state index contributed by atoms with van der Waals surface area (Å²) in [6, 6.07) is 9.85. The van der Waals surface area contributed by atoms with Crippen LogP contribution in [0.15, 0.2) is 40.3 Å². The number of para-hydroxylation sites is 1. The predicted molar refractivity (Wildman–Crippen MR) is 95.7 cm³/mol. The van der Waals surface area contributed by atoms with Gasteiger partial charge in [0.2, 0.25) is 5.91 Å². The number of hydrogen-bond acceptors (Lipinski definition) is 7. The molecule has 8 nitrogen and oxygen atoms in total. The van der Waals surface area contributed by atoms with E-state index in [-0.39, 0.29) is 23.2 Å². The van der Waals surface area contributed by atoms with Crippen LogP contribution in [0.1, 0.15) is 18.2 Å². The maximum Gasteiger partial charge on any atom is 0.311 e. The summed E-state index contributed by atoms with van der Waals surface area (Å²) >= 11 is 1.03.